The third kappa shape index (κ3) is 2.26. The molecule has 2 aromatic heterocycles. The van der Waals surface area contributed by atoms with Crippen LogP contribution in [0.1, 0.15) is 33.7 Å². The van der Waals surface area contributed by atoms with Gasteiger partial charge in [0.25, 0.3) is 5.91 Å². The summed E-state index contributed by atoms with van der Waals surface area (Å²) in [5, 5.41) is 8.09. The van der Waals surface area contributed by atoms with Crippen LogP contribution in [0.15, 0.2) is 24.3 Å². The Balaban J connectivity index is 1.85. The Bertz CT molecular complexity index is 960. The molecule has 4 rings (SSSR count). The van der Waals surface area contributed by atoms with E-state index in [4.69, 9.17) is 4.98 Å². The van der Waals surface area contributed by atoms with Gasteiger partial charge in [-0.15, -0.1) is 0 Å². The predicted molar refractivity (Wildman–Crippen MR) is 89.6 cm³/mol. The Hall–Kier alpha value is -2.76. The molecule has 1 aliphatic rings. The zero-order chi connectivity index (χ0) is 16.8. The van der Waals surface area contributed by atoms with Crippen LogP contribution < -0.4 is 5.32 Å². The molecule has 6 heteroatoms. The van der Waals surface area contributed by atoms with E-state index in [0.29, 0.717) is 11.3 Å². The van der Waals surface area contributed by atoms with Gasteiger partial charge in [-0.3, -0.25) is 9.48 Å². The van der Waals surface area contributed by atoms with E-state index >= 15 is 0 Å². The van der Waals surface area contributed by atoms with Gasteiger partial charge >= 0.3 is 0 Å². The van der Waals surface area contributed by atoms with Gasteiger partial charge in [0.05, 0.1) is 16.6 Å². The molecule has 0 unspecified atom stereocenters. The standard InChI is InChI=1S/C18H17FN4O/c1-10-15-16(18(24)20-12-8-6-11(19)7-9-12)13-4-3-5-14(13)21-17(15)23(2)22-10/h6-9H,3-5H2,1-2H3,(H,20,24). The van der Waals surface area contributed by atoms with Gasteiger partial charge in [0.2, 0.25) is 0 Å². The van der Waals surface area contributed by atoms with Gasteiger partial charge in [-0.05, 0) is 56.0 Å². The van der Waals surface area contributed by atoms with Gasteiger partial charge in [0.1, 0.15) is 5.82 Å². The topological polar surface area (TPSA) is 59.8 Å². The maximum Gasteiger partial charge on any atom is 0.256 e. The lowest BCUT2D eigenvalue weighted by molar-refractivity contribution is 0.102. The maximum absolute atomic E-state index is 13.1. The van der Waals surface area contributed by atoms with Crippen molar-refractivity contribution in [2.24, 2.45) is 7.05 Å². The first-order valence-corrected chi connectivity index (χ1v) is 7.96. The Morgan fingerprint density at radius 2 is 2.00 bits per heavy atom. The number of hydrogen-bond donors (Lipinski definition) is 1. The van der Waals surface area contributed by atoms with E-state index in [-0.39, 0.29) is 11.7 Å². The maximum atomic E-state index is 13.1. The molecule has 1 N–H and O–H groups in total. The van der Waals surface area contributed by atoms with Gasteiger partial charge in [-0.1, -0.05) is 0 Å². The van der Waals surface area contributed by atoms with Crippen molar-refractivity contribution in [1.82, 2.24) is 14.8 Å². The molecule has 0 radical (unpaired) electrons. The highest BCUT2D eigenvalue weighted by Gasteiger charge is 2.26. The average molecular weight is 324 g/mol. The summed E-state index contributed by atoms with van der Waals surface area (Å²) >= 11 is 0. The normalized spacial score (nSPS) is 13.3. The molecule has 2 heterocycles. The Labute approximate surface area is 138 Å². The summed E-state index contributed by atoms with van der Waals surface area (Å²) in [6, 6.07) is 5.78. The zero-order valence-corrected chi connectivity index (χ0v) is 13.6. The second-order valence-corrected chi connectivity index (χ2v) is 6.13. The largest absolute Gasteiger partial charge is 0.322 e. The van der Waals surface area contributed by atoms with Crippen LogP contribution in [-0.2, 0) is 19.9 Å². The molecule has 24 heavy (non-hydrogen) atoms. The fourth-order valence-corrected chi connectivity index (χ4v) is 3.44. The van der Waals surface area contributed by atoms with E-state index < -0.39 is 0 Å². The molecule has 0 aliphatic heterocycles. The molecule has 122 valence electrons. The van der Waals surface area contributed by atoms with Crippen molar-refractivity contribution >= 4 is 22.6 Å². The summed E-state index contributed by atoms with van der Waals surface area (Å²) in [6.45, 7) is 1.89. The van der Waals surface area contributed by atoms with Crippen LogP contribution in [0.4, 0.5) is 10.1 Å². The smallest absolute Gasteiger partial charge is 0.256 e. The number of amides is 1. The number of pyridine rings is 1. The minimum absolute atomic E-state index is 0.191. The van der Waals surface area contributed by atoms with Gasteiger partial charge in [-0.25, -0.2) is 9.37 Å². The van der Waals surface area contributed by atoms with Gasteiger partial charge in [0.15, 0.2) is 5.65 Å². The Kier molecular flexibility index (Phi) is 3.33. The minimum atomic E-state index is -0.330. The lowest BCUT2D eigenvalue weighted by Gasteiger charge is -2.11. The first kappa shape index (κ1) is 14.8. The van der Waals surface area contributed by atoms with Crippen molar-refractivity contribution in [1.29, 1.82) is 0 Å². The van der Waals surface area contributed by atoms with E-state index in [1.807, 2.05) is 14.0 Å². The van der Waals surface area contributed by atoms with Crippen LogP contribution in [-0.4, -0.2) is 20.7 Å². The first-order chi connectivity index (χ1) is 11.5. The summed E-state index contributed by atoms with van der Waals surface area (Å²) < 4.78 is 14.8. The SMILES string of the molecule is Cc1nn(C)c2nc3c(c(C(=O)Nc4ccc(F)cc4)c12)CCC3. The van der Waals surface area contributed by atoms with Crippen molar-refractivity contribution in [2.45, 2.75) is 26.2 Å². The number of benzene rings is 1. The molecule has 0 saturated carbocycles. The molecule has 1 amide bonds. The molecular weight excluding hydrogens is 307 g/mol. The molecule has 5 nitrogen and oxygen atoms in total. The van der Waals surface area contributed by atoms with E-state index in [1.165, 1.54) is 12.1 Å². The molecule has 0 saturated heterocycles. The number of nitrogens with one attached hydrogen (secondary N) is 1. The summed E-state index contributed by atoms with van der Waals surface area (Å²) in [5.74, 6) is -0.522. The van der Waals surface area contributed by atoms with Crippen LogP contribution in [0.2, 0.25) is 0 Å². The number of hydrogen-bond acceptors (Lipinski definition) is 3. The number of nitrogens with zero attached hydrogens (tertiary/aromatic N) is 3. The molecule has 0 fully saturated rings. The van der Waals surface area contributed by atoms with Crippen molar-refractivity contribution < 1.29 is 9.18 Å². The summed E-state index contributed by atoms with van der Waals surface area (Å²) in [6.07, 6.45) is 2.73. The Morgan fingerprint density at radius 3 is 2.75 bits per heavy atom. The molecule has 1 aliphatic carbocycles. The first-order valence-electron chi connectivity index (χ1n) is 7.96. The number of carbonyl (C=O) groups is 1. The zero-order valence-electron chi connectivity index (χ0n) is 13.6. The minimum Gasteiger partial charge on any atom is -0.322 e. The fraction of sp³-hybridized carbons (Fsp3) is 0.278. The quantitative estimate of drug-likeness (QED) is 0.788. The third-order valence-corrected chi connectivity index (χ3v) is 4.50. The van der Waals surface area contributed by atoms with Gasteiger partial charge in [0, 0.05) is 18.4 Å². The highest BCUT2D eigenvalue weighted by atomic mass is 19.1. The summed E-state index contributed by atoms with van der Waals surface area (Å²) in [7, 11) is 1.84. The van der Waals surface area contributed by atoms with Crippen LogP contribution in [0, 0.1) is 12.7 Å². The van der Waals surface area contributed by atoms with Gasteiger partial charge in [-0.2, -0.15) is 5.10 Å². The number of rotatable bonds is 2. The van der Waals surface area contributed by atoms with Gasteiger partial charge < -0.3 is 5.32 Å². The monoisotopic (exact) mass is 324 g/mol. The van der Waals surface area contributed by atoms with Crippen LogP contribution in [0.3, 0.4) is 0 Å². The molecule has 1 aromatic carbocycles. The molecule has 0 atom stereocenters. The second-order valence-electron chi connectivity index (χ2n) is 6.13. The number of halogens is 1. The number of carbonyl (C=O) groups excluding carboxylic acids is 1. The highest BCUT2D eigenvalue weighted by Crippen LogP contribution is 2.32. The lowest BCUT2D eigenvalue weighted by Crippen LogP contribution is -2.16. The van der Waals surface area contributed by atoms with Crippen LogP contribution in [0.25, 0.3) is 11.0 Å². The van der Waals surface area contributed by atoms with Crippen molar-refractivity contribution in [2.75, 3.05) is 5.32 Å². The number of aryl methyl sites for hydroxylation is 3. The second kappa shape index (κ2) is 5.40. The number of anilines is 1. The summed E-state index contributed by atoms with van der Waals surface area (Å²) in [4.78, 5) is 17.7. The van der Waals surface area contributed by atoms with Crippen molar-refractivity contribution in [3.8, 4) is 0 Å². The number of aromatic nitrogens is 3. The molecule has 3 aromatic rings. The highest BCUT2D eigenvalue weighted by molar-refractivity contribution is 6.14. The van der Waals surface area contributed by atoms with E-state index in [9.17, 15) is 9.18 Å². The molecule has 0 spiro atoms. The van der Waals surface area contributed by atoms with E-state index in [2.05, 4.69) is 10.4 Å². The lowest BCUT2D eigenvalue weighted by atomic mass is 10.0. The molecule has 0 bridgehead atoms. The number of fused-ring (bicyclic) bond motifs is 2. The third-order valence-electron chi connectivity index (χ3n) is 4.50. The average Bonchev–Trinajstić information content (AvgIpc) is 3.13. The van der Waals surface area contributed by atoms with Crippen LogP contribution >= 0.6 is 0 Å². The van der Waals surface area contributed by atoms with E-state index in [0.717, 1.165) is 47.2 Å². The van der Waals surface area contributed by atoms with Crippen molar-refractivity contribution in [3.05, 3.63) is 52.6 Å². The predicted octanol–water partition coefficient (Wildman–Crippen LogP) is 3.16. The van der Waals surface area contributed by atoms with Crippen molar-refractivity contribution in [3.63, 3.8) is 0 Å². The fourth-order valence-electron chi connectivity index (χ4n) is 3.44. The van der Waals surface area contributed by atoms with E-state index in [1.54, 1.807) is 16.8 Å². The summed E-state index contributed by atoms with van der Waals surface area (Å²) in [5.41, 5.74) is 4.74. The van der Waals surface area contributed by atoms with Crippen LogP contribution in [0.5, 0.6) is 0 Å². The molecular formula is C18H17FN4O. The Morgan fingerprint density at radius 1 is 1.25 bits per heavy atom.